The van der Waals surface area contributed by atoms with Crippen LogP contribution < -0.4 is 10.2 Å². The van der Waals surface area contributed by atoms with Gasteiger partial charge in [-0.15, -0.1) is 5.10 Å². The van der Waals surface area contributed by atoms with Crippen LogP contribution in [-0.2, 0) is 16.1 Å². The third kappa shape index (κ3) is 5.38. The lowest BCUT2D eigenvalue weighted by Crippen LogP contribution is -2.64. The summed E-state index contributed by atoms with van der Waals surface area (Å²) >= 11 is 0. The first-order valence-corrected chi connectivity index (χ1v) is 15.8. The number of urea groups is 1. The fourth-order valence-electron chi connectivity index (χ4n) is 7.26. The summed E-state index contributed by atoms with van der Waals surface area (Å²) in [6, 6.07) is 3.90. The van der Waals surface area contributed by atoms with Crippen molar-refractivity contribution in [3.05, 3.63) is 30.7 Å². The molecular weight excluding hydrogens is 607 g/mol. The van der Waals surface area contributed by atoms with Crippen LogP contribution in [0.25, 0.3) is 5.65 Å². The van der Waals surface area contributed by atoms with Gasteiger partial charge in [0.15, 0.2) is 5.65 Å². The number of amides is 3. The van der Waals surface area contributed by atoms with Crippen LogP contribution in [0.1, 0.15) is 12.8 Å². The maximum atomic E-state index is 13.1. The summed E-state index contributed by atoms with van der Waals surface area (Å²) in [6.07, 6.45) is 2.56. The summed E-state index contributed by atoms with van der Waals surface area (Å²) in [7, 11) is 0. The van der Waals surface area contributed by atoms with Gasteiger partial charge in [0, 0.05) is 64.8 Å². The maximum Gasteiger partial charge on any atom is 0.395 e. The molecule has 17 heteroatoms. The number of rotatable bonds is 6. The number of anilines is 3. The Bertz CT molecular complexity index is 1600. The van der Waals surface area contributed by atoms with E-state index in [1.807, 2.05) is 23.2 Å². The van der Waals surface area contributed by atoms with Crippen molar-refractivity contribution in [2.24, 2.45) is 5.92 Å². The number of nitrogens with one attached hydrogen (secondary N) is 1. The number of aromatic nitrogens is 5. The molecule has 5 aliphatic rings. The van der Waals surface area contributed by atoms with E-state index in [1.165, 1.54) is 4.90 Å². The van der Waals surface area contributed by atoms with Crippen molar-refractivity contribution in [1.29, 1.82) is 0 Å². The van der Waals surface area contributed by atoms with Crippen LogP contribution in [-0.4, -0.2) is 146 Å². The standard InChI is InChI=1S/C29H36F3N11O3/c30-29(31,32)19-11-40(12-19)28(45)43-21-3-4-22(43)15-39(14-21)24-2-1-5-42-26(24)35-27(36-42)34-20-10-33-41(13-20)16-25(44)38-8-6-37(7-9-38)23-17-46-18-23/h1-2,5,10,13,19,21-23H,3-4,6-9,11-12,14-18H2,(H,34,36). The Morgan fingerprint density at radius 2 is 1.72 bits per heavy atom. The number of halogens is 3. The first-order valence-electron chi connectivity index (χ1n) is 15.8. The van der Waals surface area contributed by atoms with Crippen LogP contribution in [0, 0.1) is 5.92 Å². The number of fused-ring (bicyclic) bond motifs is 3. The van der Waals surface area contributed by atoms with Crippen LogP contribution >= 0.6 is 0 Å². The second-order valence-corrected chi connectivity index (χ2v) is 12.9. The number of hydrogen-bond donors (Lipinski definition) is 1. The number of hydrogen-bond acceptors (Lipinski definition) is 9. The molecule has 46 heavy (non-hydrogen) atoms. The number of nitrogens with zero attached hydrogens (tertiary/aromatic N) is 10. The smallest absolute Gasteiger partial charge is 0.378 e. The highest BCUT2D eigenvalue weighted by Crippen LogP contribution is 2.38. The van der Waals surface area contributed by atoms with Crippen LogP contribution in [0.5, 0.6) is 0 Å². The maximum absolute atomic E-state index is 13.1. The van der Waals surface area contributed by atoms with Crippen molar-refractivity contribution in [1.82, 2.24) is 44.0 Å². The Balaban J connectivity index is 0.889. The van der Waals surface area contributed by atoms with E-state index in [-0.39, 0.29) is 43.7 Å². The summed E-state index contributed by atoms with van der Waals surface area (Å²) in [5.41, 5.74) is 2.18. The van der Waals surface area contributed by atoms with Gasteiger partial charge in [-0.3, -0.25) is 14.4 Å². The largest absolute Gasteiger partial charge is 0.395 e. The lowest BCUT2D eigenvalue weighted by atomic mass is 10.00. The Hall–Kier alpha value is -4.12. The first-order chi connectivity index (χ1) is 22.2. The van der Waals surface area contributed by atoms with Gasteiger partial charge in [-0.05, 0) is 25.0 Å². The number of likely N-dealkylation sites (tertiary alicyclic amines) is 1. The number of carbonyl (C=O) groups excluding carboxylic acids is 2. The minimum Gasteiger partial charge on any atom is -0.378 e. The van der Waals surface area contributed by atoms with Crippen LogP contribution in [0.2, 0.25) is 0 Å². The fourth-order valence-corrected chi connectivity index (χ4v) is 7.26. The number of pyridine rings is 1. The van der Waals surface area contributed by atoms with E-state index in [4.69, 9.17) is 9.72 Å². The van der Waals surface area contributed by atoms with E-state index < -0.39 is 12.1 Å². The zero-order chi connectivity index (χ0) is 31.6. The molecule has 3 aromatic heterocycles. The highest BCUT2D eigenvalue weighted by atomic mass is 19.4. The third-order valence-electron chi connectivity index (χ3n) is 9.99. The molecule has 0 spiro atoms. The molecule has 1 N–H and O–H groups in total. The van der Waals surface area contributed by atoms with Crippen molar-refractivity contribution in [3.8, 4) is 0 Å². The van der Waals surface area contributed by atoms with Gasteiger partial charge in [-0.25, -0.2) is 9.31 Å². The Morgan fingerprint density at radius 1 is 0.978 bits per heavy atom. The number of alkyl halides is 3. The molecule has 3 amide bonds. The summed E-state index contributed by atoms with van der Waals surface area (Å²) in [5.74, 6) is -1.02. The highest BCUT2D eigenvalue weighted by molar-refractivity contribution is 5.78. The highest BCUT2D eigenvalue weighted by Gasteiger charge is 2.52. The predicted molar refractivity (Wildman–Crippen MR) is 159 cm³/mol. The summed E-state index contributed by atoms with van der Waals surface area (Å²) < 4.78 is 47.6. The quantitative estimate of drug-likeness (QED) is 0.426. The van der Waals surface area contributed by atoms with Crippen LogP contribution in [0.15, 0.2) is 30.7 Å². The molecule has 2 bridgehead atoms. The predicted octanol–water partition coefficient (Wildman–Crippen LogP) is 1.48. The van der Waals surface area contributed by atoms with E-state index >= 15 is 0 Å². The van der Waals surface area contributed by atoms with Crippen molar-refractivity contribution in [2.45, 2.75) is 43.7 Å². The van der Waals surface area contributed by atoms with Gasteiger partial charge in [0.05, 0.1) is 54.8 Å². The topological polar surface area (TPSA) is 120 Å². The van der Waals surface area contributed by atoms with Gasteiger partial charge in [0.25, 0.3) is 0 Å². The molecule has 14 nitrogen and oxygen atoms in total. The van der Waals surface area contributed by atoms with Gasteiger partial charge in [0.1, 0.15) is 6.54 Å². The fraction of sp³-hybridized carbons (Fsp3) is 0.621. The first kappa shape index (κ1) is 29.3. The molecule has 246 valence electrons. The zero-order valence-corrected chi connectivity index (χ0v) is 25.2. The average molecular weight is 644 g/mol. The molecule has 0 saturated carbocycles. The summed E-state index contributed by atoms with van der Waals surface area (Å²) in [4.78, 5) is 40.4. The Morgan fingerprint density at radius 3 is 2.39 bits per heavy atom. The van der Waals surface area contributed by atoms with Gasteiger partial charge in [-0.1, -0.05) is 0 Å². The SMILES string of the molecule is O=C(Cn1cc(Nc2nc3c(N4CC5CCC(C4)N5C(=O)N4CC(C(F)(F)F)C4)cccn3n2)cn1)N1CCN(C2COC2)CC1. The molecule has 2 unspecified atom stereocenters. The molecule has 8 rings (SSSR count). The van der Waals surface area contributed by atoms with E-state index in [0.717, 1.165) is 44.8 Å². The normalized spacial score (nSPS) is 24.4. The third-order valence-corrected chi connectivity index (χ3v) is 9.99. The molecule has 5 fully saturated rings. The van der Waals surface area contributed by atoms with Gasteiger partial charge in [-0.2, -0.15) is 23.3 Å². The second-order valence-electron chi connectivity index (χ2n) is 12.9. The molecule has 0 aliphatic carbocycles. The van der Waals surface area contributed by atoms with Gasteiger partial charge < -0.3 is 29.7 Å². The van der Waals surface area contributed by atoms with Crippen molar-refractivity contribution < 1.29 is 27.5 Å². The lowest BCUT2D eigenvalue weighted by molar-refractivity contribution is -0.203. The zero-order valence-electron chi connectivity index (χ0n) is 25.2. The van der Waals surface area contributed by atoms with E-state index in [2.05, 4.69) is 25.3 Å². The van der Waals surface area contributed by atoms with E-state index in [0.29, 0.717) is 49.5 Å². The molecule has 3 aromatic rings. The van der Waals surface area contributed by atoms with E-state index in [1.54, 1.807) is 26.5 Å². The monoisotopic (exact) mass is 643 g/mol. The van der Waals surface area contributed by atoms with Gasteiger partial charge in [0.2, 0.25) is 11.9 Å². The lowest BCUT2D eigenvalue weighted by Gasteiger charge is -2.47. The molecule has 5 saturated heterocycles. The van der Waals surface area contributed by atoms with Crippen molar-refractivity contribution >= 4 is 34.9 Å². The molecule has 2 atom stereocenters. The summed E-state index contributed by atoms with van der Waals surface area (Å²) in [5, 5.41) is 12.1. The van der Waals surface area contributed by atoms with Crippen molar-refractivity contribution in [2.75, 3.05) is 75.8 Å². The molecule has 0 radical (unpaired) electrons. The Kier molecular flexibility index (Phi) is 7.19. The minimum absolute atomic E-state index is 0.0285. The average Bonchev–Trinajstić information content (AvgIpc) is 3.66. The van der Waals surface area contributed by atoms with Crippen molar-refractivity contribution in [3.63, 3.8) is 0 Å². The van der Waals surface area contributed by atoms with Crippen LogP contribution in [0.3, 0.4) is 0 Å². The second kappa shape index (κ2) is 11.3. The number of piperazine rings is 2. The molecule has 0 aromatic carbocycles. The molecular formula is C29H36F3N11O3. The van der Waals surface area contributed by atoms with Crippen LogP contribution in [0.4, 0.5) is 35.3 Å². The number of ether oxygens (including phenoxy) is 1. The van der Waals surface area contributed by atoms with E-state index in [9.17, 15) is 22.8 Å². The summed E-state index contributed by atoms with van der Waals surface area (Å²) in [6.45, 7) is 5.41. The van der Waals surface area contributed by atoms with Gasteiger partial charge >= 0.3 is 12.2 Å². The molecule has 5 aliphatic heterocycles. The molecule has 8 heterocycles. The number of carbonyl (C=O) groups is 2. The minimum atomic E-state index is -4.26. The Labute approximate surface area is 262 Å².